The first-order valence-corrected chi connectivity index (χ1v) is 17.9. The lowest BCUT2D eigenvalue weighted by molar-refractivity contribution is -0.151. The van der Waals surface area contributed by atoms with Gasteiger partial charge in [0.2, 0.25) is 11.4 Å². The fourth-order valence-corrected chi connectivity index (χ4v) is 5.95. The quantitative estimate of drug-likeness (QED) is 0.0718. The molecule has 1 fully saturated rings. The predicted molar refractivity (Wildman–Crippen MR) is 198 cm³/mol. The Labute approximate surface area is 335 Å². The maximum atomic E-state index is 14.4. The highest BCUT2D eigenvalue weighted by atomic mass is 35.5. The first-order chi connectivity index (χ1) is 28.6. The highest BCUT2D eigenvalue weighted by Gasteiger charge is 2.55. The van der Waals surface area contributed by atoms with Gasteiger partial charge in [-0.1, -0.05) is 58.3 Å². The van der Waals surface area contributed by atoms with Crippen molar-refractivity contribution in [2.24, 2.45) is 0 Å². The highest BCUT2D eigenvalue weighted by molar-refractivity contribution is 6.29. The SMILES string of the molecule is COC(=O)C1(Oc2nc(-c3cc(-c4ccon4)n(Cc4ccccc4F)n3)ncc2F)CC1.Fc1ccccc1Cn1nc(-c2ncc(F)c(Cl)n2)cc1-c1ccon1. The van der Waals surface area contributed by atoms with E-state index in [9.17, 15) is 22.4 Å². The summed E-state index contributed by atoms with van der Waals surface area (Å²) in [4.78, 5) is 27.9. The zero-order valence-electron chi connectivity index (χ0n) is 30.5. The van der Waals surface area contributed by atoms with Crippen LogP contribution in [-0.2, 0) is 22.6 Å². The number of halogens is 5. The van der Waals surface area contributed by atoms with Crippen LogP contribution in [0.2, 0.25) is 5.15 Å². The summed E-state index contributed by atoms with van der Waals surface area (Å²) in [6, 6.07) is 19.3. The Morgan fingerprint density at radius 1 is 0.712 bits per heavy atom. The molecule has 8 aromatic rings. The number of nitrogens with zero attached hydrogens (tertiary/aromatic N) is 10. The minimum absolute atomic E-state index is 0.0593. The first kappa shape index (κ1) is 38.6. The van der Waals surface area contributed by atoms with Gasteiger partial charge in [0.05, 0.1) is 44.0 Å². The molecule has 0 spiro atoms. The van der Waals surface area contributed by atoms with Gasteiger partial charge in [-0.3, -0.25) is 9.36 Å². The molecule has 9 rings (SSSR count). The number of rotatable bonds is 11. The van der Waals surface area contributed by atoms with Crippen molar-refractivity contribution in [2.45, 2.75) is 31.5 Å². The standard InChI is InChI=1S/C22H17F2N5O4.C17H10ClF2N5O/c1-31-21(30)22(7-8-22)33-20-15(24)11-25-19(26-20)17-10-18(16-6-9-32-28-16)29(27-17)12-13-4-2-3-5-14(13)23;18-16-12(20)8-21-17(22-16)14-7-15(13-5-6-26-24-13)25(23-14)9-10-3-1-2-4-11(10)19/h2-6,9-11H,7-8,12H2,1H3;1-8H,9H2. The summed E-state index contributed by atoms with van der Waals surface area (Å²) in [6.45, 7) is 0.259. The van der Waals surface area contributed by atoms with Crippen molar-refractivity contribution in [3.8, 4) is 51.7 Å². The summed E-state index contributed by atoms with van der Waals surface area (Å²) in [6.07, 6.45) is 5.52. The smallest absolute Gasteiger partial charge is 0.350 e. The molecular weight excluding hydrogens is 800 g/mol. The molecule has 0 amide bonds. The largest absolute Gasteiger partial charge is 0.466 e. The average Bonchev–Trinajstić information content (AvgIpc) is 3.79. The van der Waals surface area contributed by atoms with Crippen molar-refractivity contribution in [3.05, 3.63) is 137 Å². The third-order valence-electron chi connectivity index (χ3n) is 8.94. The van der Waals surface area contributed by atoms with E-state index in [1.807, 2.05) is 0 Å². The molecule has 0 radical (unpaired) electrons. The Balaban J connectivity index is 0.000000169. The number of hydrogen-bond acceptors (Lipinski definition) is 13. The third-order valence-corrected chi connectivity index (χ3v) is 9.21. The molecule has 0 unspecified atom stereocenters. The van der Waals surface area contributed by atoms with Crippen molar-refractivity contribution in [3.63, 3.8) is 0 Å². The number of aromatic nitrogens is 10. The summed E-state index contributed by atoms with van der Waals surface area (Å²) < 4.78 is 79.1. The van der Waals surface area contributed by atoms with Gasteiger partial charge in [-0.05, 0) is 24.3 Å². The van der Waals surface area contributed by atoms with Crippen LogP contribution in [-0.4, -0.2) is 68.5 Å². The maximum absolute atomic E-state index is 14.4. The fourth-order valence-electron chi connectivity index (χ4n) is 5.82. The maximum Gasteiger partial charge on any atom is 0.350 e. The second-order valence-corrected chi connectivity index (χ2v) is 13.2. The minimum Gasteiger partial charge on any atom is -0.466 e. The molecule has 6 aromatic heterocycles. The van der Waals surface area contributed by atoms with E-state index in [1.165, 1.54) is 36.5 Å². The van der Waals surface area contributed by atoms with Gasteiger partial charge in [0.25, 0.3) is 5.88 Å². The van der Waals surface area contributed by atoms with E-state index < -0.39 is 23.2 Å². The van der Waals surface area contributed by atoms with Crippen LogP contribution in [0.25, 0.3) is 45.8 Å². The molecule has 1 aliphatic carbocycles. The molecule has 0 atom stereocenters. The number of benzene rings is 2. The Bertz CT molecular complexity index is 2760. The van der Waals surface area contributed by atoms with E-state index in [1.54, 1.807) is 65.3 Å². The minimum atomic E-state index is -1.24. The molecule has 298 valence electrons. The zero-order valence-corrected chi connectivity index (χ0v) is 31.2. The summed E-state index contributed by atoms with van der Waals surface area (Å²) in [5.41, 5.74) is 2.31. The van der Waals surface area contributed by atoms with E-state index >= 15 is 0 Å². The van der Waals surface area contributed by atoms with Crippen LogP contribution < -0.4 is 4.74 Å². The number of esters is 1. The van der Waals surface area contributed by atoms with Crippen LogP contribution in [0.3, 0.4) is 0 Å². The van der Waals surface area contributed by atoms with Gasteiger partial charge in [0, 0.05) is 36.1 Å². The van der Waals surface area contributed by atoms with Crippen molar-refractivity contribution in [1.82, 2.24) is 49.8 Å². The van der Waals surface area contributed by atoms with E-state index in [0.29, 0.717) is 52.4 Å². The Morgan fingerprint density at radius 3 is 1.68 bits per heavy atom. The van der Waals surface area contributed by atoms with Crippen molar-refractivity contribution in [1.29, 1.82) is 0 Å². The third kappa shape index (κ3) is 8.26. The fraction of sp³-hybridized carbons (Fsp3) is 0.154. The summed E-state index contributed by atoms with van der Waals surface area (Å²) >= 11 is 5.72. The van der Waals surface area contributed by atoms with Crippen molar-refractivity contribution < 1.29 is 40.9 Å². The lowest BCUT2D eigenvalue weighted by atomic mass is 10.2. The van der Waals surface area contributed by atoms with Gasteiger partial charge in [0.1, 0.15) is 46.9 Å². The predicted octanol–water partition coefficient (Wildman–Crippen LogP) is 7.38. The molecule has 2 aromatic carbocycles. The van der Waals surface area contributed by atoms with Crippen LogP contribution in [0.1, 0.15) is 24.0 Å². The molecule has 59 heavy (non-hydrogen) atoms. The molecule has 6 heterocycles. The molecule has 0 bridgehead atoms. The monoisotopic (exact) mass is 826 g/mol. The number of carbonyl (C=O) groups is 1. The van der Waals surface area contributed by atoms with E-state index in [4.69, 9.17) is 30.1 Å². The van der Waals surface area contributed by atoms with E-state index in [0.717, 1.165) is 12.4 Å². The molecule has 1 saturated carbocycles. The van der Waals surface area contributed by atoms with E-state index in [-0.39, 0.29) is 53.1 Å². The van der Waals surface area contributed by atoms with Crippen LogP contribution in [0.15, 0.2) is 107 Å². The van der Waals surface area contributed by atoms with Gasteiger partial charge in [-0.15, -0.1) is 0 Å². The Kier molecular flexibility index (Phi) is 10.7. The average molecular weight is 827 g/mol. The molecule has 0 aliphatic heterocycles. The van der Waals surface area contributed by atoms with Crippen LogP contribution in [0.4, 0.5) is 17.6 Å². The lowest BCUT2D eigenvalue weighted by Gasteiger charge is -2.15. The molecule has 1 aliphatic rings. The van der Waals surface area contributed by atoms with Crippen LogP contribution >= 0.6 is 11.6 Å². The second kappa shape index (κ2) is 16.3. The number of carbonyl (C=O) groups excluding carboxylic acids is 1. The first-order valence-electron chi connectivity index (χ1n) is 17.5. The van der Waals surface area contributed by atoms with Crippen molar-refractivity contribution in [2.75, 3.05) is 7.11 Å². The molecule has 0 saturated heterocycles. The van der Waals surface area contributed by atoms with Gasteiger partial charge in [0.15, 0.2) is 22.6 Å². The van der Waals surface area contributed by atoms with Gasteiger partial charge >= 0.3 is 5.97 Å². The molecular formula is C39H27ClF4N10O5. The second-order valence-electron chi connectivity index (χ2n) is 12.9. The molecule has 20 heteroatoms. The number of methoxy groups -OCH3 is 1. The van der Waals surface area contributed by atoms with Gasteiger partial charge in [-0.25, -0.2) is 32.9 Å². The topological polar surface area (TPSA) is 175 Å². The highest BCUT2D eigenvalue weighted by Crippen LogP contribution is 2.41. The van der Waals surface area contributed by atoms with E-state index in [2.05, 4.69) is 40.4 Å². The van der Waals surface area contributed by atoms with Gasteiger partial charge < -0.3 is 18.5 Å². The Hall–Kier alpha value is -7.28. The number of hydrogen-bond donors (Lipinski definition) is 0. The molecule has 0 N–H and O–H groups in total. The lowest BCUT2D eigenvalue weighted by Crippen LogP contribution is -2.31. The summed E-state index contributed by atoms with van der Waals surface area (Å²) in [5.74, 6) is -3.05. The van der Waals surface area contributed by atoms with Gasteiger partial charge in [-0.2, -0.15) is 19.6 Å². The summed E-state index contributed by atoms with van der Waals surface area (Å²) in [7, 11) is 1.24. The van der Waals surface area contributed by atoms with Crippen LogP contribution in [0, 0.1) is 23.3 Å². The normalized spacial score (nSPS) is 12.8. The summed E-state index contributed by atoms with van der Waals surface area (Å²) in [5, 5.41) is 16.4. The van der Waals surface area contributed by atoms with Crippen molar-refractivity contribution >= 4 is 17.6 Å². The van der Waals surface area contributed by atoms with Crippen LogP contribution in [0.5, 0.6) is 5.88 Å². The molecule has 15 nitrogen and oxygen atoms in total. The Morgan fingerprint density at radius 2 is 1.22 bits per heavy atom. The zero-order chi connectivity index (χ0) is 41.1. The number of ether oxygens (including phenoxy) is 2.